The average molecular weight is 296 g/mol. The zero-order valence-electron chi connectivity index (χ0n) is 6.26. The van der Waals surface area contributed by atoms with Gasteiger partial charge in [-0.15, -0.1) is 0 Å². The van der Waals surface area contributed by atoms with Crippen LogP contribution in [0.4, 0.5) is 0 Å². The Kier molecular flexibility index (Phi) is 3.57. The molecule has 0 heterocycles. The highest BCUT2D eigenvalue weighted by molar-refractivity contribution is 7.86. The summed E-state index contributed by atoms with van der Waals surface area (Å²) in [4.78, 5) is -0.571. The van der Waals surface area contributed by atoms with Crippen LogP contribution in [-0.2, 0) is 10.1 Å². The molecule has 1 rings (SSSR count). The Balaban J connectivity index is 3.66. The smallest absolute Gasteiger partial charge is 0.282 e. The van der Waals surface area contributed by atoms with E-state index in [9.17, 15) is 8.42 Å². The Labute approximate surface area is 100 Å². The fraction of sp³-hybridized carbons (Fsp3) is 0. The van der Waals surface area contributed by atoms with Gasteiger partial charge in [-0.05, 0) is 6.07 Å². The third-order valence-electron chi connectivity index (χ3n) is 1.35. The van der Waals surface area contributed by atoms with Gasteiger partial charge in [-0.3, -0.25) is 4.55 Å². The molecule has 0 bridgehead atoms. The van der Waals surface area contributed by atoms with Gasteiger partial charge < -0.3 is 0 Å². The van der Waals surface area contributed by atoms with E-state index in [2.05, 4.69) is 0 Å². The largest absolute Gasteiger partial charge is 0.296 e. The third-order valence-corrected chi connectivity index (χ3v) is 4.09. The maximum Gasteiger partial charge on any atom is 0.296 e. The lowest BCUT2D eigenvalue weighted by Gasteiger charge is -2.05. The fourth-order valence-electron chi connectivity index (χ4n) is 0.739. The summed E-state index contributed by atoms with van der Waals surface area (Å²) >= 11 is 22.2. The molecule has 0 saturated carbocycles. The SMILES string of the molecule is O=S(=O)(O)c1cc(Cl)c(Cl)c(Cl)c1Cl. The summed E-state index contributed by atoms with van der Waals surface area (Å²) in [6, 6.07) is 0.924. The van der Waals surface area contributed by atoms with E-state index in [4.69, 9.17) is 51.0 Å². The van der Waals surface area contributed by atoms with Crippen LogP contribution in [0.25, 0.3) is 0 Å². The molecule has 0 atom stereocenters. The molecule has 0 aromatic heterocycles. The van der Waals surface area contributed by atoms with Crippen LogP contribution >= 0.6 is 46.4 Å². The third kappa shape index (κ3) is 2.27. The van der Waals surface area contributed by atoms with Crippen molar-refractivity contribution in [3.63, 3.8) is 0 Å². The van der Waals surface area contributed by atoms with Crippen LogP contribution in [0, 0.1) is 0 Å². The van der Waals surface area contributed by atoms with Crippen LogP contribution < -0.4 is 0 Å². The number of rotatable bonds is 1. The van der Waals surface area contributed by atoms with Crippen molar-refractivity contribution in [2.45, 2.75) is 4.90 Å². The van der Waals surface area contributed by atoms with Crippen LogP contribution in [0.1, 0.15) is 0 Å². The monoisotopic (exact) mass is 294 g/mol. The minimum atomic E-state index is -4.45. The first-order valence-corrected chi connectivity index (χ1v) is 6.01. The van der Waals surface area contributed by atoms with Gasteiger partial charge in [0.2, 0.25) is 0 Å². The van der Waals surface area contributed by atoms with E-state index in [-0.39, 0.29) is 20.1 Å². The Morgan fingerprint density at radius 3 is 1.93 bits per heavy atom. The zero-order valence-corrected chi connectivity index (χ0v) is 10.1. The molecule has 0 spiro atoms. The Morgan fingerprint density at radius 2 is 1.50 bits per heavy atom. The van der Waals surface area contributed by atoms with Gasteiger partial charge in [0.05, 0.1) is 20.1 Å². The highest BCUT2D eigenvalue weighted by Gasteiger charge is 2.21. The summed E-state index contributed by atoms with van der Waals surface area (Å²) in [5.41, 5.74) is 0. The van der Waals surface area contributed by atoms with E-state index in [0.717, 1.165) is 6.07 Å². The van der Waals surface area contributed by atoms with Crippen molar-refractivity contribution in [3.8, 4) is 0 Å². The van der Waals surface area contributed by atoms with E-state index < -0.39 is 15.0 Å². The second-order valence-corrected chi connectivity index (χ2v) is 5.20. The topological polar surface area (TPSA) is 54.4 Å². The van der Waals surface area contributed by atoms with Gasteiger partial charge in [-0.2, -0.15) is 8.42 Å². The quantitative estimate of drug-likeness (QED) is 0.490. The van der Waals surface area contributed by atoms with Crippen LogP contribution in [-0.4, -0.2) is 13.0 Å². The first kappa shape index (κ1) is 12.4. The van der Waals surface area contributed by atoms with Crippen molar-refractivity contribution in [1.82, 2.24) is 0 Å². The van der Waals surface area contributed by atoms with Crippen LogP contribution in [0.2, 0.25) is 20.1 Å². The number of hydrogen-bond donors (Lipinski definition) is 1. The number of hydrogen-bond acceptors (Lipinski definition) is 2. The summed E-state index contributed by atoms with van der Waals surface area (Å²) < 4.78 is 30.3. The molecule has 8 heteroatoms. The van der Waals surface area contributed by atoms with Gasteiger partial charge in [-0.25, -0.2) is 0 Å². The summed E-state index contributed by atoms with van der Waals surface area (Å²) in [6.45, 7) is 0. The van der Waals surface area contributed by atoms with E-state index >= 15 is 0 Å². The molecule has 0 aliphatic carbocycles. The molecule has 0 aliphatic heterocycles. The summed E-state index contributed by atoms with van der Waals surface area (Å²) in [6.07, 6.45) is 0. The van der Waals surface area contributed by atoms with Gasteiger partial charge in [0.15, 0.2) is 0 Å². The maximum absolute atomic E-state index is 10.8. The lowest BCUT2D eigenvalue weighted by Crippen LogP contribution is -1.99. The van der Waals surface area contributed by atoms with Crippen molar-refractivity contribution in [3.05, 3.63) is 26.2 Å². The highest BCUT2D eigenvalue weighted by Crippen LogP contribution is 2.39. The molecule has 1 aromatic carbocycles. The minimum Gasteiger partial charge on any atom is -0.282 e. The van der Waals surface area contributed by atoms with Crippen LogP contribution in [0.3, 0.4) is 0 Å². The second-order valence-electron chi connectivity index (χ2n) is 2.27. The molecule has 14 heavy (non-hydrogen) atoms. The molecule has 78 valence electrons. The van der Waals surface area contributed by atoms with E-state index in [1.165, 1.54) is 0 Å². The number of benzene rings is 1. The van der Waals surface area contributed by atoms with Crippen LogP contribution in [0.15, 0.2) is 11.0 Å². The number of halogens is 4. The van der Waals surface area contributed by atoms with E-state index in [0.29, 0.717) is 0 Å². The molecule has 0 saturated heterocycles. The summed E-state index contributed by atoms with van der Waals surface area (Å²) in [5, 5.41) is -0.739. The lowest BCUT2D eigenvalue weighted by molar-refractivity contribution is 0.483. The van der Waals surface area contributed by atoms with Gasteiger partial charge in [0.25, 0.3) is 10.1 Å². The molecule has 1 N–H and O–H groups in total. The predicted octanol–water partition coefficient (Wildman–Crippen LogP) is 3.55. The van der Waals surface area contributed by atoms with Gasteiger partial charge in [0.1, 0.15) is 4.90 Å². The molecule has 3 nitrogen and oxygen atoms in total. The summed E-state index contributed by atoms with van der Waals surface area (Å²) in [5.74, 6) is 0. The minimum absolute atomic E-state index is 0.0641. The fourth-order valence-corrected chi connectivity index (χ4v) is 2.55. The van der Waals surface area contributed by atoms with Crippen molar-refractivity contribution in [2.75, 3.05) is 0 Å². The summed E-state index contributed by atoms with van der Waals surface area (Å²) in [7, 11) is -4.45. The molecule has 1 aromatic rings. The van der Waals surface area contributed by atoms with Gasteiger partial charge in [0, 0.05) is 0 Å². The van der Waals surface area contributed by atoms with E-state index in [1.54, 1.807) is 0 Å². The first-order chi connectivity index (χ1) is 6.25. The Hall–Kier alpha value is 0.290. The molecule has 0 aliphatic rings. The predicted molar refractivity (Wildman–Crippen MR) is 56.3 cm³/mol. The molecule has 0 amide bonds. The zero-order chi connectivity index (χ0) is 11.1. The standard InChI is InChI=1S/C6H2Cl4O3S/c7-2-1-3(14(11,12)13)5(9)6(10)4(2)8/h1H,(H,11,12,13). The van der Waals surface area contributed by atoms with Crippen molar-refractivity contribution in [1.29, 1.82) is 0 Å². The van der Waals surface area contributed by atoms with Crippen LogP contribution in [0.5, 0.6) is 0 Å². The average Bonchev–Trinajstić information content (AvgIpc) is 2.06. The second kappa shape index (κ2) is 4.04. The molecule has 0 fully saturated rings. The molecular weight excluding hydrogens is 294 g/mol. The highest BCUT2D eigenvalue weighted by atomic mass is 35.5. The van der Waals surface area contributed by atoms with Crippen molar-refractivity contribution in [2.24, 2.45) is 0 Å². The molecule has 0 unspecified atom stereocenters. The Bertz CT molecular complexity index is 482. The van der Waals surface area contributed by atoms with E-state index in [1.807, 2.05) is 0 Å². The van der Waals surface area contributed by atoms with Crippen molar-refractivity contribution >= 4 is 56.5 Å². The Morgan fingerprint density at radius 1 is 1.00 bits per heavy atom. The first-order valence-electron chi connectivity index (χ1n) is 3.05. The van der Waals surface area contributed by atoms with Crippen molar-refractivity contribution < 1.29 is 13.0 Å². The molecule has 0 radical (unpaired) electrons. The van der Waals surface area contributed by atoms with Gasteiger partial charge >= 0.3 is 0 Å². The maximum atomic E-state index is 10.8. The lowest BCUT2D eigenvalue weighted by atomic mass is 10.3. The molecular formula is C6H2Cl4O3S. The van der Waals surface area contributed by atoms with Gasteiger partial charge in [-0.1, -0.05) is 46.4 Å². The normalized spacial score (nSPS) is 11.8.